The van der Waals surface area contributed by atoms with Gasteiger partial charge >= 0.3 is 0 Å². The summed E-state index contributed by atoms with van der Waals surface area (Å²) in [6.45, 7) is 8.12. The number of phenolic OH excluding ortho intramolecular Hbond substituents is 1. The topological polar surface area (TPSA) is 77.5 Å². The Bertz CT molecular complexity index is 1000. The van der Waals surface area contributed by atoms with Gasteiger partial charge in [-0.25, -0.2) is 5.43 Å². The zero-order chi connectivity index (χ0) is 19.6. The number of benzene rings is 2. The third kappa shape index (κ3) is 3.87. The van der Waals surface area contributed by atoms with Crippen molar-refractivity contribution >= 4 is 23.0 Å². The third-order valence-corrected chi connectivity index (χ3v) is 4.69. The lowest BCUT2D eigenvalue weighted by atomic mass is 9.92. The Morgan fingerprint density at radius 2 is 1.89 bits per heavy atom. The van der Waals surface area contributed by atoms with Crippen LogP contribution in [-0.2, 0) is 0 Å². The van der Waals surface area contributed by atoms with Crippen LogP contribution in [0.25, 0.3) is 10.9 Å². The number of hydrogen-bond donors (Lipinski definition) is 3. The molecule has 0 aliphatic heterocycles. The molecule has 0 radical (unpaired) electrons. The maximum atomic E-state index is 12.6. The summed E-state index contributed by atoms with van der Waals surface area (Å²) in [5.74, 6) is -0.0310. The third-order valence-electron chi connectivity index (χ3n) is 4.69. The molecular formula is C22H25N3O2. The number of hydrogen-bond acceptors (Lipinski definition) is 3. The van der Waals surface area contributed by atoms with Gasteiger partial charge in [-0.1, -0.05) is 52.0 Å². The van der Waals surface area contributed by atoms with E-state index in [0.29, 0.717) is 0 Å². The van der Waals surface area contributed by atoms with E-state index in [2.05, 4.69) is 29.4 Å². The highest BCUT2D eigenvalue weighted by Crippen LogP contribution is 2.33. The van der Waals surface area contributed by atoms with Crippen LogP contribution in [0, 0.1) is 0 Å². The molecule has 1 heterocycles. The van der Waals surface area contributed by atoms with E-state index in [9.17, 15) is 9.90 Å². The Hall–Kier alpha value is -3.08. The molecule has 0 spiro atoms. The van der Waals surface area contributed by atoms with Gasteiger partial charge in [0.25, 0.3) is 5.91 Å². The molecule has 0 aliphatic carbocycles. The number of nitrogens with zero attached hydrogens (tertiary/aromatic N) is 1. The van der Waals surface area contributed by atoms with E-state index in [0.717, 1.165) is 27.6 Å². The Balaban J connectivity index is 1.85. The van der Waals surface area contributed by atoms with Crippen molar-refractivity contribution in [2.24, 2.45) is 5.10 Å². The van der Waals surface area contributed by atoms with Crippen LogP contribution in [0.2, 0.25) is 0 Å². The van der Waals surface area contributed by atoms with Crippen LogP contribution < -0.4 is 5.43 Å². The molecule has 0 atom stereocenters. The molecule has 0 fully saturated rings. The van der Waals surface area contributed by atoms with E-state index >= 15 is 0 Å². The maximum Gasteiger partial charge on any atom is 0.275 e. The van der Waals surface area contributed by atoms with Crippen molar-refractivity contribution < 1.29 is 9.90 Å². The number of phenols is 1. The van der Waals surface area contributed by atoms with E-state index in [1.165, 1.54) is 0 Å². The zero-order valence-corrected chi connectivity index (χ0v) is 16.1. The number of H-pyrrole nitrogens is 1. The van der Waals surface area contributed by atoms with E-state index < -0.39 is 5.91 Å². The van der Waals surface area contributed by atoms with Crippen molar-refractivity contribution in [2.45, 2.75) is 39.5 Å². The first kappa shape index (κ1) is 18.7. The monoisotopic (exact) mass is 363 g/mol. The van der Waals surface area contributed by atoms with E-state index in [1.54, 1.807) is 12.3 Å². The summed E-state index contributed by atoms with van der Waals surface area (Å²) < 4.78 is 0. The predicted molar refractivity (Wildman–Crippen MR) is 110 cm³/mol. The number of carbonyl (C=O) groups excluding carboxylic acids is 1. The van der Waals surface area contributed by atoms with Crippen LogP contribution in [0.5, 0.6) is 5.75 Å². The average molecular weight is 363 g/mol. The number of hydrazone groups is 1. The molecule has 0 saturated heterocycles. The van der Waals surface area contributed by atoms with Gasteiger partial charge in [0.2, 0.25) is 0 Å². The highest BCUT2D eigenvalue weighted by Gasteiger charge is 2.19. The molecule has 0 aliphatic rings. The first-order chi connectivity index (χ1) is 12.9. The zero-order valence-electron chi connectivity index (χ0n) is 16.1. The summed E-state index contributed by atoms with van der Waals surface area (Å²) in [4.78, 5) is 15.8. The molecule has 140 valence electrons. The average Bonchev–Trinajstić information content (AvgIpc) is 3.04. The lowest BCUT2D eigenvalue weighted by Crippen LogP contribution is -2.18. The minimum Gasteiger partial charge on any atom is -0.507 e. The van der Waals surface area contributed by atoms with Gasteiger partial charge in [-0.2, -0.15) is 5.10 Å². The second kappa shape index (κ2) is 7.66. The maximum absolute atomic E-state index is 12.6. The van der Waals surface area contributed by atoms with Crippen LogP contribution in [0.15, 0.2) is 47.7 Å². The van der Waals surface area contributed by atoms with Crippen molar-refractivity contribution in [3.05, 3.63) is 64.8 Å². The first-order valence-corrected chi connectivity index (χ1v) is 9.14. The van der Waals surface area contributed by atoms with Crippen LogP contribution in [0.1, 0.15) is 66.6 Å². The molecule has 5 heteroatoms. The molecule has 1 amide bonds. The molecule has 3 aromatic rings. The fraction of sp³-hybridized carbons (Fsp3) is 0.273. The van der Waals surface area contributed by atoms with Crippen molar-refractivity contribution in [3.8, 4) is 5.75 Å². The van der Waals surface area contributed by atoms with Crippen molar-refractivity contribution in [1.82, 2.24) is 10.4 Å². The molecule has 0 unspecified atom stereocenters. The van der Waals surface area contributed by atoms with Crippen LogP contribution >= 0.6 is 0 Å². The smallest absolute Gasteiger partial charge is 0.275 e. The number of carbonyl (C=O) groups is 1. The van der Waals surface area contributed by atoms with Gasteiger partial charge in [0.15, 0.2) is 0 Å². The van der Waals surface area contributed by atoms with Gasteiger partial charge in [0.1, 0.15) is 5.75 Å². The highest BCUT2D eigenvalue weighted by atomic mass is 16.3. The number of rotatable bonds is 5. The summed E-state index contributed by atoms with van der Waals surface area (Å²) in [5, 5.41) is 15.6. The Kier molecular flexibility index (Phi) is 5.31. The number of nitrogens with one attached hydrogen (secondary N) is 2. The number of para-hydroxylation sites is 1. The number of aromatic amines is 1. The van der Waals surface area contributed by atoms with Gasteiger partial charge < -0.3 is 10.1 Å². The van der Waals surface area contributed by atoms with E-state index in [1.807, 2.05) is 50.4 Å². The minimum atomic E-state index is -0.423. The molecule has 27 heavy (non-hydrogen) atoms. The van der Waals surface area contributed by atoms with Crippen molar-refractivity contribution in [2.75, 3.05) is 0 Å². The number of aromatic hydroxyl groups is 1. The van der Waals surface area contributed by atoms with E-state index in [4.69, 9.17) is 0 Å². The summed E-state index contributed by atoms with van der Waals surface area (Å²) in [5.41, 5.74) is 6.46. The van der Waals surface area contributed by atoms with E-state index in [-0.39, 0.29) is 23.1 Å². The predicted octanol–water partition coefficient (Wildman–Crippen LogP) is 4.88. The number of aromatic nitrogens is 1. The lowest BCUT2D eigenvalue weighted by Gasteiger charge is -2.16. The molecule has 5 nitrogen and oxygen atoms in total. The fourth-order valence-corrected chi connectivity index (χ4v) is 3.05. The first-order valence-electron chi connectivity index (χ1n) is 9.14. The lowest BCUT2D eigenvalue weighted by molar-refractivity contribution is 0.0952. The molecule has 1 aromatic heterocycles. The largest absolute Gasteiger partial charge is 0.507 e. The normalized spacial score (nSPS) is 11.8. The molecule has 2 aromatic carbocycles. The SMILES string of the molecule is CC(C)c1cc(C(=O)N/N=C/c2c[nH]c3ccccc23)c(O)c(C(C)C)c1. The van der Waals surface area contributed by atoms with Gasteiger partial charge in [-0.05, 0) is 35.1 Å². The van der Waals surface area contributed by atoms with Gasteiger partial charge in [0, 0.05) is 22.7 Å². The van der Waals surface area contributed by atoms with Crippen LogP contribution in [-0.4, -0.2) is 22.2 Å². The van der Waals surface area contributed by atoms with Crippen LogP contribution in [0.4, 0.5) is 0 Å². The molecule has 0 saturated carbocycles. The Morgan fingerprint density at radius 3 is 2.59 bits per heavy atom. The second-order valence-corrected chi connectivity index (χ2v) is 7.30. The second-order valence-electron chi connectivity index (χ2n) is 7.30. The quantitative estimate of drug-likeness (QED) is 0.446. The number of amides is 1. The van der Waals surface area contributed by atoms with Gasteiger partial charge in [-0.15, -0.1) is 0 Å². The van der Waals surface area contributed by atoms with Crippen LogP contribution in [0.3, 0.4) is 0 Å². The molecule has 3 N–H and O–H groups in total. The summed E-state index contributed by atoms with van der Waals surface area (Å²) in [6.07, 6.45) is 3.44. The van der Waals surface area contributed by atoms with Gasteiger partial charge in [0.05, 0.1) is 11.8 Å². The Morgan fingerprint density at radius 1 is 1.15 bits per heavy atom. The highest BCUT2D eigenvalue weighted by molar-refractivity contribution is 6.01. The Labute approximate surface area is 159 Å². The summed E-state index contributed by atoms with van der Waals surface area (Å²) in [7, 11) is 0. The minimum absolute atomic E-state index is 0.0224. The fourth-order valence-electron chi connectivity index (χ4n) is 3.05. The van der Waals surface area contributed by atoms with Crippen molar-refractivity contribution in [1.29, 1.82) is 0 Å². The van der Waals surface area contributed by atoms with Gasteiger partial charge in [-0.3, -0.25) is 4.79 Å². The molecular weight excluding hydrogens is 338 g/mol. The van der Waals surface area contributed by atoms with Crippen molar-refractivity contribution in [3.63, 3.8) is 0 Å². The number of fused-ring (bicyclic) bond motifs is 1. The summed E-state index contributed by atoms with van der Waals surface area (Å²) >= 11 is 0. The standard InChI is InChI=1S/C22H25N3O2/c1-13(2)15-9-18(14(3)4)21(26)19(10-15)22(27)25-24-12-16-11-23-20-8-6-5-7-17(16)20/h5-14,23,26H,1-4H3,(H,25,27)/b24-12+. The molecule has 0 bridgehead atoms. The summed E-state index contributed by atoms with van der Waals surface area (Å²) in [6, 6.07) is 11.6. The molecule has 3 rings (SSSR count).